The second-order valence-corrected chi connectivity index (χ2v) is 6.00. The Morgan fingerprint density at radius 2 is 1.73 bits per heavy atom. The standard InChI is InChI=1S/C19H21N3O4/c1-2-26-19-6-4-3-5-17(19)21-11-9-20(10-12-21)16-8-7-15(14-23)13-18(16)22(24)25/h3-8,13-14H,2,9-12H2,1H3. The summed E-state index contributed by atoms with van der Waals surface area (Å²) < 4.78 is 5.70. The molecule has 0 spiro atoms. The topological polar surface area (TPSA) is 75.9 Å². The lowest BCUT2D eigenvalue weighted by molar-refractivity contribution is -0.384. The first-order valence-corrected chi connectivity index (χ1v) is 8.59. The highest BCUT2D eigenvalue weighted by Crippen LogP contribution is 2.32. The second kappa shape index (κ2) is 7.86. The van der Waals surface area contributed by atoms with Crippen molar-refractivity contribution in [3.8, 4) is 5.75 Å². The van der Waals surface area contributed by atoms with Gasteiger partial charge in [0, 0.05) is 37.8 Å². The third kappa shape index (κ3) is 3.61. The summed E-state index contributed by atoms with van der Waals surface area (Å²) >= 11 is 0. The van der Waals surface area contributed by atoms with Gasteiger partial charge < -0.3 is 14.5 Å². The highest BCUT2D eigenvalue weighted by atomic mass is 16.6. The van der Waals surface area contributed by atoms with Crippen LogP contribution in [0.1, 0.15) is 17.3 Å². The minimum Gasteiger partial charge on any atom is -0.492 e. The van der Waals surface area contributed by atoms with Gasteiger partial charge in [-0.05, 0) is 31.2 Å². The number of aldehydes is 1. The van der Waals surface area contributed by atoms with E-state index in [4.69, 9.17) is 4.74 Å². The van der Waals surface area contributed by atoms with Crippen molar-refractivity contribution in [2.75, 3.05) is 42.6 Å². The van der Waals surface area contributed by atoms with Crippen molar-refractivity contribution in [1.82, 2.24) is 0 Å². The Morgan fingerprint density at radius 1 is 1.08 bits per heavy atom. The molecule has 0 radical (unpaired) electrons. The number of para-hydroxylation sites is 2. The van der Waals surface area contributed by atoms with Crippen molar-refractivity contribution in [2.24, 2.45) is 0 Å². The Morgan fingerprint density at radius 3 is 2.35 bits per heavy atom. The number of hydrogen-bond donors (Lipinski definition) is 0. The van der Waals surface area contributed by atoms with Gasteiger partial charge in [0.2, 0.25) is 0 Å². The molecule has 0 bridgehead atoms. The van der Waals surface area contributed by atoms with Crippen molar-refractivity contribution in [3.05, 3.63) is 58.1 Å². The average Bonchev–Trinajstić information content (AvgIpc) is 2.68. The summed E-state index contributed by atoms with van der Waals surface area (Å²) in [5.41, 5.74) is 1.88. The molecular formula is C19H21N3O4. The van der Waals surface area contributed by atoms with Crippen LogP contribution in [0.2, 0.25) is 0 Å². The number of benzene rings is 2. The zero-order valence-electron chi connectivity index (χ0n) is 14.6. The first-order chi connectivity index (χ1) is 12.6. The van der Waals surface area contributed by atoms with Crippen LogP contribution < -0.4 is 14.5 Å². The third-order valence-corrected chi connectivity index (χ3v) is 4.46. The Hall–Kier alpha value is -3.09. The molecule has 1 aliphatic heterocycles. The summed E-state index contributed by atoms with van der Waals surface area (Å²) in [5, 5.41) is 11.4. The average molecular weight is 355 g/mol. The van der Waals surface area contributed by atoms with E-state index >= 15 is 0 Å². The summed E-state index contributed by atoms with van der Waals surface area (Å²) in [5.74, 6) is 0.852. The molecule has 0 amide bonds. The molecule has 1 heterocycles. The zero-order chi connectivity index (χ0) is 18.5. The first-order valence-electron chi connectivity index (χ1n) is 8.59. The van der Waals surface area contributed by atoms with Crippen LogP contribution in [0.3, 0.4) is 0 Å². The monoisotopic (exact) mass is 355 g/mol. The molecule has 2 aromatic rings. The minimum absolute atomic E-state index is 0.0298. The highest BCUT2D eigenvalue weighted by Gasteiger charge is 2.25. The highest BCUT2D eigenvalue weighted by molar-refractivity contribution is 5.79. The van der Waals surface area contributed by atoms with Crippen molar-refractivity contribution >= 4 is 23.3 Å². The number of anilines is 2. The zero-order valence-corrected chi connectivity index (χ0v) is 14.6. The van der Waals surface area contributed by atoms with E-state index in [1.54, 1.807) is 12.1 Å². The van der Waals surface area contributed by atoms with E-state index in [0.717, 1.165) is 24.5 Å². The molecule has 1 fully saturated rings. The summed E-state index contributed by atoms with van der Waals surface area (Å²) in [7, 11) is 0. The Kier molecular flexibility index (Phi) is 5.36. The molecule has 3 rings (SSSR count). The van der Waals surface area contributed by atoms with Crippen molar-refractivity contribution in [3.63, 3.8) is 0 Å². The van der Waals surface area contributed by atoms with Gasteiger partial charge in [0.25, 0.3) is 5.69 Å². The minimum atomic E-state index is -0.431. The molecule has 0 aromatic heterocycles. The summed E-state index contributed by atoms with van der Waals surface area (Å²) in [6.07, 6.45) is 0.624. The van der Waals surface area contributed by atoms with Gasteiger partial charge in [0.05, 0.1) is 17.2 Å². The predicted octanol–water partition coefficient (Wildman–Crippen LogP) is 3.13. The first kappa shape index (κ1) is 17.7. The van der Waals surface area contributed by atoms with Crippen LogP contribution in [-0.4, -0.2) is 44.0 Å². The quantitative estimate of drug-likeness (QED) is 0.450. The van der Waals surface area contributed by atoms with Crippen molar-refractivity contribution < 1.29 is 14.5 Å². The lowest BCUT2D eigenvalue weighted by Gasteiger charge is -2.37. The van der Waals surface area contributed by atoms with Crippen LogP contribution in [0.5, 0.6) is 5.75 Å². The number of piperazine rings is 1. The molecule has 26 heavy (non-hydrogen) atoms. The van der Waals surface area contributed by atoms with Crippen LogP contribution in [0, 0.1) is 10.1 Å². The molecule has 1 saturated heterocycles. The van der Waals surface area contributed by atoms with E-state index in [9.17, 15) is 14.9 Å². The van der Waals surface area contributed by atoms with Gasteiger partial charge in [0.15, 0.2) is 0 Å². The number of rotatable bonds is 6. The number of nitro groups is 1. The number of nitro benzene ring substituents is 1. The van der Waals surface area contributed by atoms with E-state index in [1.165, 1.54) is 6.07 Å². The molecule has 0 unspecified atom stereocenters. The number of nitrogens with zero attached hydrogens (tertiary/aromatic N) is 3. The van der Waals surface area contributed by atoms with Crippen LogP contribution in [0.15, 0.2) is 42.5 Å². The Labute approximate surface area is 151 Å². The van der Waals surface area contributed by atoms with E-state index in [0.29, 0.717) is 37.2 Å². The third-order valence-electron chi connectivity index (χ3n) is 4.46. The lowest BCUT2D eigenvalue weighted by atomic mass is 10.1. The summed E-state index contributed by atoms with van der Waals surface area (Å²) in [4.78, 5) is 26.1. The predicted molar refractivity (Wildman–Crippen MR) is 101 cm³/mol. The molecule has 0 N–H and O–H groups in total. The maximum Gasteiger partial charge on any atom is 0.293 e. The maximum absolute atomic E-state index is 11.4. The van der Waals surface area contributed by atoms with Gasteiger partial charge in [-0.1, -0.05) is 12.1 Å². The fourth-order valence-corrected chi connectivity index (χ4v) is 3.21. The second-order valence-electron chi connectivity index (χ2n) is 6.00. The SMILES string of the molecule is CCOc1ccccc1N1CCN(c2ccc(C=O)cc2[N+](=O)[O-])CC1. The molecule has 1 aliphatic rings. The largest absolute Gasteiger partial charge is 0.492 e. The maximum atomic E-state index is 11.4. The van der Waals surface area contributed by atoms with E-state index in [1.807, 2.05) is 36.1 Å². The number of carbonyl (C=O) groups excluding carboxylic acids is 1. The van der Waals surface area contributed by atoms with E-state index < -0.39 is 4.92 Å². The number of ether oxygens (including phenoxy) is 1. The van der Waals surface area contributed by atoms with Gasteiger partial charge in [-0.25, -0.2) is 0 Å². The Balaban J connectivity index is 1.77. The van der Waals surface area contributed by atoms with Gasteiger partial charge in [-0.2, -0.15) is 0 Å². The summed E-state index contributed by atoms with van der Waals surface area (Å²) in [6.45, 7) is 5.33. The van der Waals surface area contributed by atoms with Crippen LogP contribution in [0.25, 0.3) is 0 Å². The number of carbonyl (C=O) groups is 1. The van der Waals surface area contributed by atoms with Gasteiger partial charge in [0.1, 0.15) is 17.7 Å². The van der Waals surface area contributed by atoms with E-state index in [2.05, 4.69) is 4.90 Å². The molecule has 2 aromatic carbocycles. The lowest BCUT2D eigenvalue weighted by Crippen LogP contribution is -2.46. The molecule has 7 heteroatoms. The molecule has 0 aliphatic carbocycles. The van der Waals surface area contributed by atoms with Gasteiger partial charge in [-0.15, -0.1) is 0 Å². The van der Waals surface area contributed by atoms with Crippen LogP contribution in [0.4, 0.5) is 17.1 Å². The van der Waals surface area contributed by atoms with E-state index in [-0.39, 0.29) is 5.69 Å². The molecule has 0 saturated carbocycles. The summed E-state index contributed by atoms with van der Waals surface area (Å²) in [6, 6.07) is 12.5. The van der Waals surface area contributed by atoms with Gasteiger partial charge >= 0.3 is 0 Å². The fourth-order valence-electron chi connectivity index (χ4n) is 3.21. The number of hydrogen-bond acceptors (Lipinski definition) is 6. The Bertz CT molecular complexity index is 801. The van der Waals surface area contributed by atoms with Crippen LogP contribution in [-0.2, 0) is 0 Å². The smallest absolute Gasteiger partial charge is 0.293 e. The normalized spacial score (nSPS) is 14.2. The molecule has 0 atom stereocenters. The molecule has 7 nitrogen and oxygen atoms in total. The van der Waals surface area contributed by atoms with Crippen molar-refractivity contribution in [2.45, 2.75) is 6.92 Å². The van der Waals surface area contributed by atoms with Gasteiger partial charge in [-0.3, -0.25) is 14.9 Å². The van der Waals surface area contributed by atoms with Crippen molar-refractivity contribution in [1.29, 1.82) is 0 Å². The fraction of sp³-hybridized carbons (Fsp3) is 0.316. The molecular weight excluding hydrogens is 334 g/mol. The van der Waals surface area contributed by atoms with Crippen LogP contribution >= 0.6 is 0 Å². The molecule has 136 valence electrons.